The molecule has 0 bridgehead atoms. The molecule has 0 aliphatic heterocycles. The molecule has 1 heterocycles. The van der Waals surface area contributed by atoms with Crippen LogP contribution in [0.25, 0.3) is 0 Å². The maximum absolute atomic E-state index is 6.21. The fourth-order valence-corrected chi connectivity index (χ4v) is 2.31. The highest BCUT2D eigenvalue weighted by molar-refractivity contribution is 5.03. The summed E-state index contributed by atoms with van der Waals surface area (Å²) in [4.78, 5) is 6.79. The molecule has 0 radical (unpaired) electrons. The molecule has 0 aliphatic carbocycles. The summed E-state index contributed by atoms with van der Waals surface area (Å²) in [5.41, 5.74) is 7.66. The van der Waals surface area contributed by atoms with Gasteiger partial charge in [-0.3, -0.25) is 9.88 Å². The van der Waals surface area contributed by atoms with Gasteiger partial charge in [-0.1, -0.05) is 33.8 Å². The van der Waals surface area contributed by atoms with Gasteiger partial charge in [-0.25, -0.2) is 0 Å². The molecule has 3 heteroatoms. The van der Waals surface area contributed by atoms with Crippen molar-refractivity contribution in [3.8, 4) is 0 Å². The van der Waals surface area contributed by atoms with Crippen LogP contribution in [0.3, 0.4) is 0 Å². The van der Waals surface area contributed by atoms with Gasteiger partial charge in [-0.2, -0.15) is 0 Å². The fraction of sp³-hybridized carbons (Fsp3) is 0.688. The summed E-state index contributed by atoms with van der Waals surface area (Å²) in [5.74, 6) is 0. The summed E-state index contributed by atoms with van der Waals surface area (Å²) in [6.45, 7) is 11.9. The van der Waals surface area contributed by atoms with Crippen LogP contribution in [0.2, 0.25) is 0 Å². The van der Waals surface area contributed by atoms with Crippen LogP contribution < -0.4 is 5.73 Å². The second kappa shape index (κ2) is 7.61. The quantitative estimate of drug-likeness (QED) is 0.822. The normalized spacial score (nSPS) is 13.8. The van der Waals surface area contributed by atoms with Gasteiger partial charge in [0.25, 0.3) is 0 Å². The molecule has 1 rings (SSSR count). The van der Waals surface area contributed by atoms with Crippen LogP contribution in [0.4, 0.5) is 0 Å². The van der Waals surface area contributed by atoms with E-state index in [2.05, 4.69) is 43.6 Å². The molecular formula is C16H29N3. The first-order valence-corrected chi connectivity index (χ1v) is 7.28. The number of pyridine rings is 1. The van der Waals surface area contributed by atoms with Crippen molar-refractivity contribution in [1.29, 1.82) is 0 Å². The molecule has 0 spiro atoms. The number of aromatic nitrogens is 1. The average molecular weight is 263 g/mol. The fourth-order valence-electron chi connectivity index (χ4n) is 2.31. The Morgan fingerprint density at radius 1 is 1.32 bits per heavy atom. The largest absolute Gasteiger partial charge is 0.328 e. The van der Waals surface area contributed by atoms with Crippen molar-refractivity contribution < 1.29 is 0 Å². The van der Waals surface area contributed by atoms with E-state index in [9.17, 15) is 0 Å². The summed E-state index contributed by atoms with van der Waals surface area (Å²) in [6.07, 6.45) is 3.99. The zero-order valence-electron chi connectivity index (χ0n) is 12.9. The molecule has 1 aromatic rings. The lowest BCUT2D eigenvalue weighted by molar-refractivity contribution is 0.248. The number of rotatable bonds is 7. The zero-order valence-corrected chi connectivity index (χ0v) is 12.9. The Bertz CT molecular complexity index is 343. The van der Waals surface area contributed by atoms with Crippen LogP contribution in [0, 0.1) is 5.41 Å². The average Bonchev–Trinajstić information content (AvgIpc) is 2.33. The van der Waals surface area contributed by atoms with Crippen molar-refractivity contribution in [3.05, 3.63) is 30.1 Å². The van der Waals surface area contributed by atoms with Crippen molar-refractivity contribution in [2.24, 2.45) is 11.1 Å². The van der Waals surface area contributed by atoms with E-state index < -0.39 is 0 Å². The molecule has 1 atom stereocenters. The minimum absolute atomic E-state index is 0.290. The molecule has 0 saturated carbocycles. The monoisotopic (exact) mass is 263 g/mol. The predicted molar refractivity (Wildman–Crippen MR) is 81.9 cm³/mol. The van der Waals surface area contributed by atoms with E-state index in [4.69, 9.17) is 5.73 Å². The van der Waals surface area contributed by atoms with Gasteiger partial charge in [0, 0.05) is 25.3 Å². The highest BCUT2D eigenvalue weighted by Gasteiger charge is 2.16. The van der Waals surface area contributed by atoms with Crippen LogP contribution in [-0.4, -0.2) is 29.0 Å². The number of nitrogens with two attached hydrogens (primary N) is 1. The van der Waals surface area contributed by atoms with Crippen molar-refractivity contribution >= 4 is 0 Å². The zero-order chi connectivity index (χ0) is 14.3. The summed E-state index contributed by atoms with van der Waals surface area (Å²) >= 11 is 0. The molecule has 0 aromatic carbocycles. The lowest BCUT2D eigenvalue weighted by Crippen LogP contribution is -2.32. The van der Waals surface area contributed by atoms with Crippen molar-refractivity contribution in [3.63, 3.8) is 0 Å². The lowest BCUT2D eigenvalue weighted by atomic mass is 9.87. The minimum atomic E-state index is 0.290. The third-order valence-electron chi connectivity index (χ3n) is 3.25. The van der Waals surface area contributed by atoms with E-state index in [-0.39, 0.29) is 6.04 Å². The maximum Gasteiger partial charge on any atom is 0.0543 e. The second-order valence-electron chi connectivity index (χ2n) is 6.50. The van der Waals surface area contributed by atoms with E-state index in [1.807, 2.05) is 18.3 Å². The Balaban J connectivity index is 2.37. The van der Waals surface area contributed by atoms with Gasteiger partial charge in [0.15, 0.2) is 0 Å². The van der Waals surface area contributed by atoms with Crippen molar-refractivity contribution in [1.82, 2.24) is 9.88 Å². The van der Waals surface area contributed by atoms with Crippen LogP contribution >= 0.6 is 0 Å². The van der Waals surface area contributed by atoms with E-state index in [1.54, 1.807) is 0 Å². The third kappa shape index (κ3) is 7.28. The Labute approximate surface area is 118 Å². The first-order chi connectivity index (χ1) is 8.90. The molecular weight excluding hydrogens is 234 g/mol. The van der Waals surface area contributed by atoms with Crippen LogP contribution in [-0.2, 0) is 6.54 Å². The van der Waals surface area contributed by atoms with Crippen LogP contribution in [0.5, 0.6) is 0 Å². The Morgan fingerprint density at radius 2 is 2.05 bits per heavy atom. The standard InChI is InChI=1S/C16H29N3/c1-5-19(13-15-8-6-7-10-18-15)11-9-14(17)12-16(2,3)4/h6-8,10,14H,5,9,11-13,17H2,1-4H3. The first kappa shape index (κ1) is 16.1. The van der Waals surface area contributed by atoms with Gasteiger partial charge in [0.2, 0.25) is 0 Å². The van der Waals surface area contributed by atoms with E-state index in [1.165, 1.54) is 0 Å². The third-order valence-corrected chi connectivity index (χ3v) is 3.25. The summed E-state index contributed by atoms with van der Waals surface area (Å²) in [5, 5.41) is 0. The van der Waals surface area contributed by atoms with Gasteiger partial charge < -0.3 is 5.73 Å². The minimum Gasteiger partial charge on any atom is -0.328 e. The van der Waals surface area contributed by atoms with Gasteiger partial charge >= 0.3 is 0 Å². The molecule has 108 valence electrons. The molecule has 0 aliphatic rings. The number of hydrogen-bond acceptors (Lipinski definition) is 3. The van der Waals surface area contributed by atoms with Crippen molar-refractivity contribution in [2.45, 2.75) is 53.1 Å². The lowest BCUT2D eigenvalue weighted by Gasteiger charge is -2.26. The summed E-state index contributed by atoms with van der Waals surface area (Å²) in [6, 6.07) is 6.37. The van der Waals surface area contributed by atoms with Crippen molar-refractivity contribution in [2.75, 3.05) is 13.1 Å². The molecule has 19 heavy (non-hydrogen) atoms. The van der Waals surface area contributed by atoms with E-state index in [0.717, 1.165) is 38.2 Å². The molecule has 2 N–H and O–H groups in total. The first-order valence-electron chi connectivity index (χ1n) is 7.28. The molecule has 0 saturated heterocycles. The topological polar surface area (TPSA) is 42.1 Å². The number of nitrogens with zero attached hydrogens (tertiary/aromatic N) is 2. The molecule has 0 fully saturated rings. The van der Waals surface area contributed by atoms with Gasteiger partial charge in [-0.05, 0) is 36.9 Å². The molecule has 1 unspecified atom stereocenters. The van der Waals surface area contributed by atoms with E-state index >= 15 is 0 Å². The van der Waals surface area contributed by atoms with Gasteiger partial charge in [-0.15, -0.1) is 0 Å². The Hall–Kier alpha value is -0.930. The Kier molecular flexibility index (Phi) is 6.46. The van der Waals surface area contributed by atoms with E-state index in [0.29, 0.717) is 5.41 Å². The maximum atomic E-state index is 6.21. The summed E-state index contributed by atoms with van der Waals surface area (Å²) in [7, 11) is 0. The van der Waals surface area contributed by atoms with Crippen LogP contribution in [0.1, 0.15) is 46.2 Å². The Morgan fingerprint density at radius 3 is 2.58 bits per heavy atom. The smallest absolute Gasteiger partial charge is 0.0543 e. The van der Waals surface area contributed by atoms with Gasteiger partial charge in [0.05, 0.1) is 5.69 Å². The number of hydrogen-bond donors (Lipinski definition) is 1. The highest BCUT2D eigenvalue weighted by atomic mass is 15.1. The van der Waals surface area contributed by atoms with Gasteiger partial charge in [0.1, 0.15) is 0 Å². The highest BCUT2D eigenvalue weighted by Crippen LogP contribution is 2.21. The molecule has 3 nitrogen and oxygen atoms in total. The van der Waals surface area contributed by atoms with Crippen LogP contribution in [0.15, 0.2) is 24.4 Å². The summed E-state index contributed by atoms with van der Waals surface area (Å²) < 4.78 is 0. The second-order valence-corrected chi connectivity index (χ2v) is 6.50. The molecule has 0 amide bonds. The molecule has 1 aromatic heterocycles. The SMILES string of the molecule is CCN(CCC(N)CC(C)(C)C)Cc1ccccn1. The predicted octanol–water partition coefficient (Wildman–Crippen LogP) is 3.06.